The number of tetrazole rings is 1. The summed E-state index contributed by atoms with van der Waals surface area (Å²) < 4.78 is 13.0. The standard InChI is InChI=1S/C26H30N6O3/c1-34-22-9-10-24-20(15-22)14-21(26(33)27-24)16-31(12-11-19-6-3-2-4-7-19)18-25-28-29-30-32(25)17-23-8-5-13-35-23/h2-4,6-7,9-10,14-15,23H,5,8,11-13,16-18H2,1H3,(H,27,33)/p+1/t23-/m1/s1. The summed E-state index contributed by atoms with van der Waals surface area (Å²) in [5, 5.41) is 13.4. The van der Waals surface area contributed by atoms with E-state index in [9.17, 15) is 4.79 Å². The third kappa shape index (κ3) is 5.75. The minimum atomic E-state index is -0.0705. The Kier molecular flexibility index (Phi) is 7.15. The number of rotatable bonds is 10. The SMILES string of the molecule is COc1ccc2[nH]c(=O)c(C[NH+](CCc3ccccc3)Cc3nnnn3C[C@H]3CCCO3)cc2c1. The van der Waals surface area contributed by atoms with Gasteiger partial charge in [0.2, 0.25) is 5.82 Å². The minimum absolute atomic E-state index is 0.0705. The monoisotopic (exact) mass is 475 g/mol. The summed E-state index contributed by atoms with van der Waals surface area (Å²) >= 11 is 0. The molecule has 2 N–H and O–H groups in total. The van der Waals surface area contributed by atoms with Crippen molar-refractivity contribution >= 4 is 10.9 Å². The molecule has 1 unspecified atom stereocenters. The predicted molar refractivity (Wildman–Crippen MR) is 131 cm³/mol. The molecule has 1 aliphatic heterocycles. The second-order valence-electron chi connectivity index (χ2n) is 9.08. The van der Waals surface area contributed by atoms with Gasteiger partial charge in [0.25, 0.3) is 5.56 Å². The van der Waals surface area contributed by atoms with E-state index in [1.165, 1.54) is 10.5 Å². The van der Waals surface area contributed by atoms with Gasteiger partial charge in [-0.3, -0.25) is 4.79 Å². The summed E-state index contributed by atoms with van der Waals surface area (Å²) in [4.78, 5) is 17.2. The van der Waals surface area contributed by atoms with Crippen LogP contribution in [-0.2, 0) is 30.8 Å². The van der Waals surface area contributed by atoms with Crippen molar-refractivity contribution in [3.63, 3.8) is 0 Å². The highest BCUT2D eigenvalue weighted by Crippen LogP contribution is 2.18. The van der Waals surface area contributed by atoms with E-state index in [0.29, 0.717) is 19.6 Å². The Morgan fingerprint density at radius 1 is 1.17 bits per heavy atom. The van der Waals surface area contributed by atoms with Crippen molar-refractivity contribution in [2.45, 2.75) is 45.0 Å². The first-order chi connectivity index (χ1) is 17.2. The van der Waals surface area contributed by atoms with Gasteiger partial charge in [-0.25, -0.2) is 4.68 Å². The van der Waals surface area contributed by atoms with Gasteiger partial charge in [0.15, 0.2) is 0 Å². The molecule has 1 saturated heterocycles. The molecule has 9 nitrogen and oxygen atoms in total. The smallest absolute Gasteiger partial charge is 0.257 e. The number of benzene rings is 2. The molecule has 4 aromatic rings. The maximum atomic E-state index is 12.9. The lowest BCUT2D eigenvalue weighted by atomic mass is 10.1. The minimum Gasteiger partial charge on any atom is -0.497 e. The van der Waals surface area contributed by atoms with Gasteiger partial charge < -0.3 is 19.4 Å². The molecule has 0 saturated carbocycles. The van der Waals surface area contributed by atoms with Crippen LogP contribution in [0.4, 0.5) is 0 Å². The zero-order valence-corrected chi connectivity index (χ0v) is 19.9. The van der Waals surface area contributed by atoms with E-state index in [0.717, 1.165) is 60.5 Å². The zero-order chi connectivity index (χ0) is 24.0. The number of H-pyrrole nitrogens is 1. The molecular weight excluding hydrogens is 444 g/mol. The molecule has 182 valence electrons. The second kappa shape index (κ2) is 10.8. The number of nitrogens with zero attached hydrogens (tertiary/aromatic N) is 4. The Bertz CT molecular complexity index is 1310. The molecule has 0 bridgehead atoms. The lowest BCUT2D eigenvalue weighted by molar-refractivity contribution is -0.928. The third-order valence-electron chi connectivity index (χ3n) is 6.59. The highest BCUT2D eigenvalue weighted by Gasteiger charge is 2.22. The van der Waals surface area contributed by atoms with Crippen LogP contribution < -0.4 is 15.2 Å². The Labute approximate surface area is 203 Å². The van der Waals surface area contributed by atoms with E-state index in [4.69, 9.17) is 9.47 Å². The molecule has 1 fully saturated rings. The molecule has 9 heteroatoms. The van der Waals surface area contributed by atoms with Crippen LogP contribution in [0.5, 0.6) is 5.75 Å². The van der Waals surface area contributed by atoms with Crippen LogP contribution in [0.1, 0.15) is 29.8 Å². The molecule has 3 heterocycles. The normalized spacial score (nSPS) is 16.5. The second-order valence-corrected chi connectivity index (χ2v) is 9.08. The Morgan fingerprint density at radius 2 is 2.06 bits per heavy atom. The van der Waals surface area contributed by atoms with Gasteiger partial charge in [-0.15, -0.1) is 5.10 Å². The van der Waals surface area contributed by atoms with E-state index >= 15 is 0 Å². The molecule has 0 amide bonds. The van der Waals surface area contributed by atoms with Crippen LogP contribution in [-0.4, -0.2) is 51.6 Å². The van der Waals surface area contributed by atoms with Crippen LogP contribution in [0.15, 0.2) is 59.4 Å². The Balaban J connectivity index is 1.39. The number of pyridine rings is 1. The third-order valence-corrected chi connectivity index (χ3v) is 6.59. The highest BCUT2D eigenvalue weighted by atomic mass is 16.5. The summed E-state index contributed by atoms with van der Waals surface area (Å²) in [7, 11) is 1.64. The number of ether oxygens (including phenoxy) is 2. The maximum absolute atomic E-state index is 12.9. The van der Waals surface area contributed by atoms with Gasteiger partial charge in [0.1, 0.15) is 18.8 Å². The van der Waals surface area contributed by atoms with Crippen molar-refractivity contribution in [1.29, 1.82) is 0 Å². The van der Waals surface area contributed by atoms with Crippen LogP contribution in [0.3, 0.4) is 0 Å². The Morgan fingerprint density at radius 3 is 2.86 bits per heavy atom. The molecular formula is C26H31N6O3+. The predicted octanol–water partition coefficient (Wildman–Crippen LogP) is 1.53. The van der Waals surface area contributed by atoms with Crippen molar-refractivity contribution in [1.82, 2.24) is 25.2 Å². The van der Waals surface area contributed by atoms with Crippen molar-refractivity contribution in [2.75, 3.05) is 20.3 Å². The summed E-state index contributed by atoms with van der Waals surface area (Å²) in [5.41, 5.74) is 2.72. The molecule has 35 heavy (non-hydrogen) atoms. The fourth-order valence-electron chi connectivity index (χ4n) is 4.66. The molecule has 1 aliphatic rings. The fourth-order valence-corrected chi connectivity index (χ4v) is 4.66. The first-order valence-corrected chi connectivity index (χ1v) is 12.1. The number of fused-ring (bicyclic) bond motifs is 1. The van der Waals surface area contributed by atoms with Crippen molar-refractivity contribution in [3.05, 3.63) is 81.9 Å². The quantitative estimate of drug-likeness (QED) is 0.361. The number of hydrogen-bond acceptors (Lipinski definition) is 6. The summed E-state index contributed by atoms with van der Waals surface area (Å²) in [6.45, 7) is 3.47. The van der Waals surface area contributed by atoms with E-state index < -0.39 is 0 Å². The first kappa shape index (κ1) is 23.2. The number of aromatic nitrogens is 5. The topological polar surface area (TPSA) is 99.4 Å². The average molecular weight is 476 g/mol. The maximum Gasteiger partial charge on any atom is 0.257 e. The lowest BCUT2D eigenvalue weighted by Gasteiger charge is -2.20. The van der Waals surface area contributed by atoms with Crippen LogP contribution >= 0.6 is 0 Å². The van der Waals surface area contributed by atoms with Gasteiger partial charge in [0, 0.05) is 23.9 Å². The zero-order valence-electron chi connectivity index (χ0n) is 19.9. The molecule has 2 aromatic carbocycles. The van der Waals surface area contributed by atoms with E-state index in [2.05, 4.69) is 44.8 Å². The molecule has 2 atom stereocenters. The Hall–Kier alpha value is -3.56. The summed E-state index contributed by atoms with van der Waals surface area (Å²) in [6, 6.07) is 18.0. The highest BCUT2D eigenvalue weighted by molar-refractivity contribution is 5.80. The number of quaternary nitrogens is 1. The van der Waals surface area contributed by atoms with Crippen molar-refractivity contribution in [2.24, 2.45) is 0 Å². The number of nitrogens with one attached hydrogen (secondary N) is 2. The first-order valence-electron chi connectivity index (χ1n) is 12.1. The van der Waals surface area contributed by atoms with E-state index in [1.54, 1.807) is 7.11 Å². The average Bonchev–Trinajstić information content (AvgIpc) is 3.56. The molecule has 0 aliphatic carbocycles. The van der Waals surface area contributed by atoms with Crippen molar-refractivity contribution in [3.8, 4) is 5.75 Å². The fraction of sp³-hybridized carbons (Fsp3) is 0.385. The van der Waals surface area contributed by atoms with E-state index in [1.807, 2.05) is 35.0 Å². The summed E-state index contributed by atoms with van der Waals surface area (Å²) in [6.07, 6.45) is 3.15. The van der Waals surface area contributed by atoms with Crippen LogP contribution in [0.2, 0.25) is 0 Å². The van der Waals surface area contributed by atoms with Gasteiger partial charge in [0.05, 0.1) is 31.9 Å². The van der Waals surface area contributed by atoms with E-state index in [-0.39, 0.29) is 11.7 Å². The largest absolute Gasteiger partial charge is 0.497 e. The van der Waals surface area contributed by atoms with Crippen LogP contribution in [0, 0.1) is 0 Å². The van der Waals surface area contributed by atoms with Gasteiger partial charge in [-0.1, -0.05) is 30.3 Å². The van der Waals surface area contributed by atoms with Gasteiger partial charge in [-0.05, 0) is 53.1 Å². The van der Waals surface area contributed by atoms with Gasteiger partial charge in [-0.2, -0.15) is 0 Å². The number of methoxy groups -OCH3 is 1. The number of hydrogen-bond donors (Lipinski definition) is 2. The van der Waals surface area contributed by atoms with Crippen molar-refractivity contribution < 1.29 is 14.4 Å². The lowest BCUT2D eigenvalue weighted by Crippen LogP contribution is -3.10. The molecule has 2 aromatic heterocycles. The molecule has 5 rings (SSSR count). The van der Waals surface area contributed by atoms with Crippen LogP contribution in [0.25, 0.3) is 10.9 Å². The number of aromatic amines is 1. The van der Waals surface area contributed by atoms with Gasteiger partial charge >= 0.3 is 0 Å². The molecule has 0 radical (unpaired) electrons. The summed E-state index contributed by atoms with van der Waals surface area (Å²) in [5.74, 6) is 1.57. The molecule has 0 spiro atoms.